The van der Waals surface area contributed by atoms with Crippen molar-refractivity contribution < 1.29 is 4.57 Å². The van der Waals surface area contributed by atoms with Gasteiger partial charge in [0, 0.05) is 11.8 Å². The maximum atomic E-state index is 2.40. The van der Waals surface area contributed by atoms with Crippen molar-refractivity contribution in [1.82, 2.24) is 0 Å². The molecule has 14 heavy (non-hydrogen) atoms. The minimum absolute atomic E-state index is 1.06. The van der Waals surface area contributed by atoms with Crippen LogP contribution in [0.4, 0.5) is 0 Å². The lowest BCUT2D eigenvalue weighted by Gasteiger charge is -1.92. The molecule has 1 aromatic heterocycles. The Hall–Kier alpha value is -0.540. The van der Waals surface area contributed by atoms with Crippen molar-refractivity contribution in [3.05, 3.63) is 24.3 Å². The largest absolute Gasteiger partial charge is 0.298 e. The van der Waals surface area contributed by atoms with Crippen molar-refractivity contribution in [2.24, 2.45) is 0 Å². The first-order valence-electron chi connectivity index (χ1n) is 4.91. The van der Waals surface area contributed by atoms with Crippen molar-refractivity contribution >= 4 is 33.3 Å². The highest BCUT2D eigenvalue weighted by Gasteiger charge is 2.17. The van der Waals surface area contributed by atoms with Gasteiger partial charge in [-0.05, 0) is 24.8 Å². The minimum atomic E-state index is 1.06. The van der Waals surface area contributed by atoms with Gasteiger partial charge in [0.2, 0.25) is 5.52 Å². The highest BCUT2D eigenvalue weighted by molar-refractivity contribution is 8.00. The summed E-state index contributed by atoms with van der Waals surface area (Å²) in [6.45, 7) is 5.47. The Morgan fingerprint density at radius 2 is 2.07 bits per heavy atom. The third kappa shape index (κ3) is 1.66. The van der Waals surface area contributed by atoms with Crippen LogP contribution in [0.1, 0.15) is 13.8 Å². The van der Waals surface area contributed by atoms with Crippen molar-refractivity contribution in [3.63, 3.8) is 0 Å². The van der Waals surface area contributed by atoms with Crippen LogP contribution in [0, 0.1) is 0 Å². The third-order valence-electron chi connectivity index (χ3n) is 2.16. The van der Waals surface area contributed by atoms with Gasteiger partial charge >= 0.3 is 0 Å². The number of nitrogens with zero attached hydrogens (tertiary/aromatic N) is 1. The summed E-state index contributed by atoms with van der Waals surface area (Å²) < 4.78 is 5.22. The first-order chi connectivity index (χ1) is 6.86. The Morgan fingerprint density at radius 1 is 1.29 bits per heavy atom. The van der Waals surface area contributed by atoms with E-state index in [0.717, 1.165) is 12.3 Å². The lowest BCUT2D eigenvalue weighted by Crippen LogP contribution is -2.32. The van der Waals surface area contributed by atoms with Crippen molar-refractivity contribution in [2.75, 3.05) is 5.75 Å². The number of para-hydroxylation sites is 1. The van der Waals surface area contributed by atoms with E-state index < -0.39 is 0 Å². The first-order valence-corrected chi connectivity index (χ1v) is 6.71. The normalized spacial score (nSPS) is 11.0. The second-order valence-electron chi connectivity index (χ2n) is 3.01. The summed E-state index contributed by atoms with van der Waals surface area (Å²) in [5, 5.41) is 0. The molecular formula is C11H14NS2+. The monoisotopic (exact) mass is 224 g/mol. The number of aryl methyl sites for hydroxylation is 1. The molecule has 0 fully saturated rings. The lowest BCUT2D eigenvalue weighted by atomic mass is 10.3. The van der Waals surface area contributed by atoms with Crippen LogP contribution in [0.15, 0.2) is 28.6 Å². The van der Waals surface area contributed by atoms with Crippen LogP contribution in [-0.4, -0.2) is 5.75 Å². The van der Waals surface area contributed by atoms with Crippen LogP contribution in [0.2, 0.25) is 0 Å². The van der Waals surface area contributed by atoms with E-state index in [1.54, 1.807) is 0 Å². The van der Waals surface area contributed by atoms with Crippen LogP contribution in [0.5, 0.6) is 0 Å². The van der Waals surface area contributed by atoms with Crippen LogP contribution in [-0.2, 0) is 6.54 Å². The first kappa shape index (κ1) is 9.99. The van der Waals surface area contributed by atoms with Gasteiger partial charge in [-0.15, -0.1) is 0 Å². The summed E-state index contributed by atoms with van der Waals surface area (Å²) in [7, 11) is 0. The SMILES string of the molecule is CCSc1sc2ccccc2[n+]1CC. The number of benzene rings is 1. The molecule has 2 aromatic rings. The van der Waals surface area contributed by atoms with Crippen LogP contribution in [0.3, 0.4) is 0 Å². The van der Waals surface area contributed by atoms with Gasteiger partial charge in [0.1, 0.15) is 11.2 Å². The zero-order chi connectivity index (χ0) is 9.97. The topological polar surface area (TPSA) is 3.88 Å². The van der Waals surface area contributed by atoms with Crippen molar-refractivity contribution in [3.8, 4) is 0 Å². The molecule has 0 N–H and O–H groups in total. The van der Waals surface area contributed by atoms with E-state index in [0.29, 0.717) is 0 Å². The Morgan fingerprint density at radius 3 is 2.79 bits per heavy atom. The number of thiazole rings is 1. The summed E-state index contributed by atoms with van der Waals surface area (Å²) in [6, 6.07) is 8.63. The van der Waals surface area contributed by atoms with Gasteiger partial charge in [0.15, 0.2) is 0 Å². The smallest absolute Gasteiger partial charge is 0.177 e. The number of hydrogen-bond acceptors (Lipinski definition) is 2. The highest BCUT2D eigenvalue weighted by atomic mass is 32.2. The molecule has 74 valence electrons. The van der Waals surface area contributed by atoms with E-state index in [-0.39, 0.29) is 0 Å². The molecule has 3 heteroatoms. The Bertz CT molecular complexity index is 434. The van der Waals surface area contributed by atoms with Gasteiger partial charge in [-0.1, -0.05) is 30.4 Å². The molecule has 0 bridgehead atoms. The second-order valence-corrected chi connectivity index (χ2v) is 5.55. The van der Waals surface area contributed by atoms with Crippen LogP contribution >= 0.6 is 23.1 Å². The van der Waals surface area contributed by atoms with E-state index in [2.05, 4.69) is 42.7 Å². The summed E-state index contributed by atoms with van der Waals surface area (Å²) in [5.74, 6) is 1.15. The zero-order valence-electron chi connectivity index (χ0n) is 8.49. The molecule has 1 nitrogen and oxygen atoms in total. The summed E-state index contributed by atoms with van der Waals surface area (Å²) >= 11 is 3.83. The molecule has 0 atom stereocenters. The molecule has 0 aliphatic heterocycles. The molecule has 0 spiro atoms. The molecule has 2 rings (SSSR count). The standard InChI is InChI=1S/C11H14NS2/c1-3-12-9-7-5-6-8-10(9)14-11(12)13-4-2/h5-8H,3-4H2,1-2H3/q+1. The predicted molar refractivity (Wildman–Crippen MR) is 64.1 cm³/mol. The maximum absolute atomic E-state index is 2.40. The summed E-state index contributed by atoms with van der Waals surface area (Å²) in [5.41, 5.74) is 1.37. The minimum Gasteiger partial charge on any atom is -0.177 e. The fourth-order valence-electron chi connectivity index (χ4n) is 1.54. The van der Waals surface area contributed by atoms with Crippen LogP contribution in [0.25, 0.3) is 10.2 Å². The van der Waals surface area contributed by atoms with Crippen molar-refractivity contribution in [2.45, 2.75) is 24.7 Å². The van der Waals surface area contributed by atoms with Gasteiger partial charge in [-0.25, -0.2) is 0 Å². The van der Waals surface area contributed by atoms with E-state index in [9.17, 15) is 0 Å². The van der Waals surface area contributed by atoms with Gasteiger partial charge in [0.25, 0.3) is 4.34 Å². The number of aromatic nitrogens is 1. The number of rotatable bonds is 3. The fourth-order valence-corrected chi connectivity index (χ4v) is 3.99. The molecule has 0 saturated carbocycles. The molecule has 1 heterocycles. The second kappa shape index (κ2) is 4.32. The molecule has 0 aliphatic rings. The molecular weight excluding hydrogens is 210 g/mol. The summed E-state index contributed by atoms with van der Waals surface area (Å²) in [4.78, 5) is 0. The third-order valence-corrected chi connectivity index (χ3v) is 4.48. The van der Waals surface area contributed by atoms with E-state index in [4.69, 9.17) is 0 Å². The molecule has 0 saturated heterocycles. The number of thioether (sulfide) groups is 1. The van der Waals surface area contributed by atoms with Gasteiger partial charge < -0.3 is 0 Å². The lowest BCUT2D eigenvalue weighted by molar-refractivity contribution is -0.698. The molecule has 0 amide bonds. The highest BCUT2D eigenvalue weighted by Crippen LogP contribution is 2.27. The predicted octanol–water partition coefficient (Wildman–Crippen LogP) is 3.32. The van der Waals surface area contributed by atoms with E-state index >= 15 is 0 Å². The van der Waals surface area contributed by atoms with Crippen LogP contribution < -0.4 is 4.57 Å². The average Bonchev–Trinajstić information content (AvgIpc) is 2.55. The van der Waals surface area contributed by atoms with Gasteiger partial charge in [0.05, 0.1) is 0 Å². The Labute approximate surface area is 92.8 Å². The summed E-state index contributed by atoms with van der Waals surface area (Å²) in [6.07, 6.45) is 0. The Balaban J connectivity index is 2.60. The molecule has 1 aromatic carbocycles. The fraction of sp³-hybridized carbons (Fsp3) is 0.364. The van der Waals surface area contributed by atoms with E-state index in [1.807, 2.05) is 23.1 Å². The Kier molecular flexibility index (Phi) is 3.08. The van der Waals surface area contributed by atoms with Gasteiger partial charge in [-0.2, -0.15) is 4.57 Å². The van der Waals surface area contributed by atoms with Gasteiger partial charge in [-0.3, -0.25) is 0 Å². The quantitative estimate of drug-likeness (QED) is 0.571. The molecule has 0 unspecified atom stereocenters. The maximum Gasteiger partial charge on any atom is 0.298 e. The van der Waals surface area contributed by atoms with Crippen molar-refractivity contribution in [1.29, 1.82) is 0 Å². The molecule has 0 radical (unpaired) electrons. The van der Waals surface area contributed by atoms with E-state index in [1.165, 1.54) is 14.6 Å². The average molecular weight is 224 g/mol. The number of fused-ring (bicyclic) bond motifs is 1. The number of hydrogen-bond donors (Lipinski definition) is 0. The zero-order valence-corrected chi connectivity index (χ0v) is 10.1. The molecule has 0 aliphatic carbocycles.